The fraction of sp³-hybridized carbons (Fsp3) is 0.276. The van der Waals surface area contributed by atoms with E-state index >= 15 is 0 Å². The molecule has 2 aliphatic heterocycles. The highest BCUT2D eigenvalue weighted by atomic mass is 16.4. The molecule has 0 spiro atoms. The van der Waals surface area contributed by atoms with Crippen LogP contribution in [-0.4, -0.2) is 49.3 Å². The van der Waals surface area contributed by atoms with Crippen molar-refractivity contribution in [3.8, 4) is 0 Å². The third-order valence-corrected chi connectivity index (χ3v) is 7.76. The Labute approximate surface area is 213 Å². The van der Waals surface area contributed by atoms with Crippen LogP contribution in [0.25, 0.3) is 10.9 Å². The molecule has 2 N–H and O–H groups in total. The number of hydrogen-bond donors (Lipinski definition) is 2. The van der Waals surface area contributed by atoms with Crippen molar-refractivity contribution in [1.82, 2.24) is 14.0 Å². The van der Waals surface area contributed by atoms with Crippen LogP contribution in [0.15, 0.2) is 77.7 Å². The number of pyridine rings is 1. The summed E-state index contributed by atoms with van der Waals surface area (Å²) in [5.41, 5.74) is 3.50. The van der Waals surface area contributed by atoms with Gasteiger partial charge in [-0.25, -0.2) is 4.79 Å². The molecule has 2 aliphatic rings. The first-order valence-corrected chi connectivity index (χ1v) is 12.5. The van der Waals surface area contributed by atoms with Gasteiger partial charge in [-0.1, -0.05) is 42.5 Å². The summed E-state index contributed by atoms with van der Waals surface area (Å²) < 4.78 is 3.78. The first-order valence-electron chi connectivity index (χ1n) is 12.5. The van der Waals surface area contributed by atoms with Crippen molar-refractivity contribution in [1.29, 1.82) is 0 Å². The van der Waals surface area contributed by atoms with E-state index in [9.17, 15) is 24.6 Å². The molecule has 37 heavy (non-hydrogen) atoms. The zero-order valence-electron chi connectivity index (χ0n) is 20.2. The van der Waals surface area contributed by atoms with Crippen LogP contribution in [-0.2, 0) is 17.9 Å². The number of aromatic nitrogens is 2. The van der Waals surface area contributed by atoms with Crippen LogP contribution in [0, 0.1) is 5.92 Å². The van der Waals surface area contributed by atoms with E-state index in [2.05, 4.69) is 0 Å². The number of piperidine rings is 1. The Kier molecular flexibility index (Phi) is 5.68. The molecule has 8 heteroatoms. The molecular formula is C29H27N3O5. The van der Waals surface area contributed by atoms with Crippen molar-refractivity contribution < 1.29 is 19.8 Å². The number of benzene rings is 2. The number of likely N-dealkylation sites (tertiary alicyclic amines) is 1. The molecular weight excluding hydrogens is 470 g/mol. The first kappa shape index (κ1) is 23.2. The zero-order chi connectivity index (χ0) is 25.7. The SMILES string of the molecule is O=C(O)c1ccc2c(C(C(=O)O)N3C[C@@H]4C[C@@H](C3)c3cccc(=O)n3C4)cn(Cc3ccccc3)c2c1. The predicted octanol–water partition coefficient (Wildman–Crippen LogP) is 3.79. The normalized spacial score (nSPS) is 19.9. The average Bonchev–Trinajstić information content (AvgIpc) is 3.22. The molecule has 6 rings (SSSR count). The topological polar surface area (TPSA) is 105 Å². The van der Waals surface area contributed by atoms with Gasteiger partial charge in [-0.2, -0.15) is 0 Å². The van der Waals surface area contributed by atoms with Crippen LogP contribution in [0.3, 0.4) is 0 Å². The van der Waals surface area contributed by atoms with Crippen molar-refractivity contribution in [2.45, 2.75) is 31.5 Å². The quantitative estimate of drug-likeness (QED) is 0.420. The number of carboxylic acids is 2. The Balaban J connectivity index is 1.43. The summed E-state index contributed by atoms with van der Waals surface area (Å²) in [5, 5.41) is 20.8. The summed E-state index contributed by atoms with van der Waals surface area (Å²) >= 11 is 0. The highest BCUT2D eigenvalue weighted by Gasteiger charge is 2.40. The molecule has 8 nitrogen and oxygen atoms in total. The number of nitrogens with zero attached hydrogens (tertiary/aromatic N) is 3. The molecule has 1 unspecified atom stereocenters. The number of hydrogen-bond acceptors (Lipinski definition) is 4. The molecule has 1 fully saturated rings. The summed E-state index contributed by atoms with van der Waals surface area (Å²) in [7, 11) is 0. The van der Waals surface area contributed by atoms with Gasteiger partial charge in [0.1, 0.15) is 6.04 Å². The van der Waals surface area contributed by atoms with Crippen molar-refractivity contribution >= 4 is 22.8 Å². The van der Waals surface area contributed by atoms with E-state index in [1.807, 2.05) is 56.6 Å². The Bertz CT molecular complexity index is 1570. The van der Waals surface area contributed by atoms with Gasteiger partial charge in [0.15, 0.2) is 0 Å². The van der Waals surface area contributed by atoms with Gasteiger partial charge in [-0.3, -0.25) is 14.5 Å². The summed E-state index contributed by atoms with van der Waals surface area (Å²) in [5.74, 6) is -1.70. The van der Waals surface area contributed by atoms with Gasteiger partial charge >= 0.3 is 11.9 Å². The monoisotopic (exact) mass is 497 g/mol. The number of carboxylic acid groups (broad SMARTS) is 2. The maximum Gasteiger partial charge on any atom is 0.335 e. The number of rotatable bonds is 6. The Hall–Kier alpha value is -4.17. The summed E-state index contributed by atoms with van der Waals surface area (Å²) in [6.45, 7) is 2.20. The standard InChI is InChI=1S/C29H27N3O5/c33-26-8-4-7-24-21-11-19(15-32(24)26)14-31(16-21)27(29(36)37)23-17-30(13-18-5-2-1-3-6-18)25-12-20(28(34)35)9-10-22(23)25/h1-10,12,17,19,21,27H,11,13-16H2,(H,34,35)(H,36,37)/t19-,21-,27?/m0/s1. The maximum absolute atomic E-state index is 12.8. The molecule has 4 aromatic rings. The van der Waals surface area contributed by atoms with E-state index in [0.717, 1.165) is 23.1 Å². The Morgan fingerprint density at radius 1 is 0.946 bits per heavy atom. The molecule has 2 bridgehead atoms. The lowest BCUT2D eigenvalue weighted by Crippen LogP contribution is -2.49. The third kappa shape index (κ3) is 4.13. The highest BCUT2D eigenvalue weighted by Crippen LogP contribution is 2.40. The van der Waals surface area contributed by atoms with Gasteiger partial charge in [0.2, 0.25) is 0 Å². The highest BCUT2D eigenvalue weighted by molar-refractivity contribution is 5.96. The van der Waals surface area contributed by atoms with Gasteiger partial charge in [-0.15, -0.1) is 0 Å². The maximum atomic E-state index is 12.8. The van der Waals surface area contributed by atoms with Crippen molar-refractivity contribution in [2.75, 3.05) is 13.1 Å². The summed E-state index contributed by atoms with van der Waals surface area (Å²) in [6, 6.07) is 19.1. The fourth-order valence-corrected chi connectivity index (χ4v) is 6.21. The lowest BCUT2D eigenvalue weighted by atomic mass is 9.82. The van der Waals surface area contributed by atoms with E-state index in [1.54, 1.807) is 24.3 Å². The predicted molar refractivity (Wildman–Crippen MR) is 138 cm³/mol. The van der Waals surface area contributed by atoms with Gasteiger partial charge in [0, 0.05) is 66.5 Å². The lowest BCUT2D eigenvalue weighted by molar-refractivity contribution is -0.144. The molecule has 188 valence electrons. The van der Waals surface area contributed by atoms with Gasteiger partial charge in [-0.05, 0) is 36.1 Å². The van der Waals surface area contributed by atoms with Crippen LogP contribution in [0.4, 0.5) is 0 Å². The van der Waals surface area contributed by atoms with Crippen molar-refractivity contribution in [3.63, 3.8) is 0 Å². The largest absolute Gasteiger partial charge is 0.480 e. The first-order chi connectivity index (χ1) is 17.9. The summed E-state index contributed by atoms with van der Waals surface area (Å²) in [6.07, 6.45) is 2.80. The number of aromatic carboxylic acids is 1. The van der Waals surface area contributed by atoms with Crippen LogP contribution < -0.4 is 5.56 Å². The number of fused-ring (bicyclic) bond motifs is 5. The molecule has 2 aromatic heterocycles. The van der Waals surface area contributed by atoms with Crippen molar-refractivity contribution in [2.24, 2.45) is 5.92 Å². The molecule has 3 atom stereocenters. The van der Waals surface area contributed by atoms with Gasteiger partial charge in [0.05, 0.1) is 5.56 Å². The van der Waals surface area contributed by atoms with E-state index < -0.39 is 18.0 Å². The van der Waals surface area contributed by atoms with E-state index in [1.165, 1.54) is 6.07 Å². The molecule has 4 heterocycles. The molecule has 0 aliphatic carbocycles. The van der Waals surface area contributed by atoms with Gasteiger partial charge < -0.3 is 19.3 Å². The van der Waals surface area contributed by atoms with Crippen LogP contribution >= 0.6 is 0 Å². The second-order valence-corrected chi connectivity index (χ2v) is 10.1. The number of aliphatic carboxylic acids is 1. The second kappa shape index (κ2) is 9.05. The number of carbonyl (C=O) groups is 2. The molecule has 0 amide bonds. The minimum absolute atomic E-state index is 0.00588. The van der Waals surface area contributed by atoms with Crippen molar-refractivity contribution in [3.05, 3.63) is 106 Å². The van der Waals surface area contributed by atoms with E-state index in [4.69, 9.17) is 0 Å². The van der Waals surface area contributed by atoms with E-state index in [0.29, 0.717) is 37.3 Å². The third-order valence-electron chi connectivity index (χ3n) is 7.76. The Morgan fingerprint density at radius 3 is 2.51 bits per heavy atom. The molecule has 2 aromatic carbocycles. The fourth-order valence-electron chi connectivity index (χ4n) is 6.21. The molecule has 0 radical (unpaired) electrons. The zero-order valence-corrected chi connectivity index (χ0v) is 20.2. The lowest BCUT2D eigenvalue weighted by Gasteiger charge is -2.44. The van der Waals surface area contributed by atoms with Gasteiger partial charge in [0.25, 0.3) is 5.56 Å². The summed E-state index contributed by atoms with van der Waals surface area (Å²) in [4.78, 5) is 39.0. The minimum Gasteiger partial charge on any atom is -0.480 e. The minimum atomic E-state index is -1.02. The van der Waals surface area contributed by atoms with Crippen LogP contribution in [0.2, 0.25) is 0 Å². The molecule has 0 saturated carbocycles. The second-order valence-electron chi connectivity index (χ2n) is 10.1. The smallest absolute Gasteiger partial charge is 0.335 e. The van der Waals surface area contributed by atoms with Crippen LogP contribution in [0.5, 0.6) is 0 Å². The molecule has 1 saturated heterocycles. The Morgan fingerprint density at radius 2 is 1.76 bits per heavy atom. The van der Waals surface area contributed by atoms with E-state index in [-0.39, 0.29) is 23.0 Å². The average molecular weight is 498 g/mol. The van der Waals surface area contributed by atoms with Crippen LogP contribution in [0.1, 0.15) is 45.6 Å².